The SMILES string of the molecule is C=O.CCSC.CN(CCC(=O)N(CCOCc1ccc(F)cc1)CC(N)NC=O)NCc1ccccc1. The van der Waals surface area contributed by atoms with Crippen LogP contribution in [0.15, 0.2) is 54.6 Å². The van der Waals surface area contributed by atoms with Crippen molar-refractivity contribution < 1.29 is 23.5 Å². The van der Waals surface area contributed by atoms with Crippen LogP contribution in [-0.2, 0) is 32.3 Å². The van der Waals surface area contributed by atoms with Crippen LogP contribution in [0.2, 0.25) is 0 Å². The summed E-state index contributed by atoms with van der Waals surface area (Å²) < 4.78 is 18.6. The molecule has 0 aliphatic rings. The number of thioether (sulfide) groups is 1. The molecule has 0 aliphatic carbocycles. The number of nitrogens with two attached hydrogens (primary N) is 1. The third-order valence-corrected chi connectivity index (χ3v) is 5.66. The quantitative estimate of drug-likeness (QED) is 0.126. The third kappa shape index (κ3) is 17.6. The second-order valence-corrected chi connectivity index (χ2v) is 9.13. The first-order valence-corrected chi connectivity index (χ1v) is 13.6. The number of nitrogens with one attached hydrogen (secondary N) is 2. The zero-order chi connectivity index (χ0) is 28.6. The van der Waals surface area contributed by atoms with Gasteiger partial charge in [-0.05, 0) is 35.3 Å². The third-order valence-electron chi connectivity index (χ3n) is 5.09. The van der Waals surface area contributed by atoms with E-state index >= 15 is 0 Å². The van der Waals surface area contributed by atoms with Crippen molar-refractivity contribution >= 4 is 30.9 Å². The highest BCUT2D eigenvalue weighted by atomic mass is 32.2. The number of hydrogen-bond donors (Lipinski definition) is 3. The van der Waals surface area contributed by atoms with Crippen LogP contribution in [0.1, 0.15) is 24.5 Å². The standard InChI is InChI=1S/C23H32FN5O3.C3H8S.CH2O/c1-28(27-15-19-5-3-2-4-6-19)12-11-23(31)29(16-22(25)26-18-30)13-14-32-17-20-7-9-21(24)10-8-20;1-3-4-2;1-2/h2-10,18,22,27H,11-17,25H2,1H3,(H,26,30);3H2,1-2H3;1H2. The zero-order valence-electron chi connectivity index (χ0n) is 22.6. The lowest BCUT2D eigenvalue weighted by Crippen LogP contribution is -2.49. The molecular formula is C27H42FN5O4S. The van der Waals surface area contributed by atoms with Crippen LogP contribution >= 0.6 is 11.8 Å². The maximum absolute atomic E-state index is 13.0. The van der Waals surface area contributed by atoms with Crippen LogP contribution in [0.5, 0.6) is 0 Å². The molecule has 0 saturated carbocycles. The molecule has 0 aliphatic heterocycles. The molecule has 0 radical (unpaired) electrons. The average Bonchev–Trinajstić information content (AvgIpc) is 2.95. The number of nitrogens with zero attached hydrogens (tertiary/aromatic N) is 2. The van der Waals surface area contributed by atoms with Crippen LogP contribution in [0.4, 0.5) is 4.39 Å². The normalized spacial score (nSPS) is 10.9. The highest BCUT2D eigenvalue weighted by Gasteiger charge is 2.17. The van der Waals surface area contributed by atoms with E-state index in [9.17, 15) is 14.0 Å². The first kappa shape index (κ1) is 35.2. The summed E-state index contributed by atoms with van der Waals surface area (Å²) >= 11 is 1.86. The van der Waals surface area contributed by atoms with Gasteiger partial charge in [-0.1, -0.05) is 49.4 Å². The number of hydrogen-bond acceptors (Lipinski definition) is 8. The van der Waals surface area contributed by atoms with E-state index in [0.29, 0.717) is 39.3 Å². The van der Waals surface area contributed by atoms with Gasteiger partial charge < -0.3 is 25.5 Å². The van der Waals surface area contributed by atoms with Gasteiger partial charge in [0.2, 0.25) is 12.3 Å². The molecule has 0 saturated heterocycles. The van der Waals surface area contributed by atoms with E-state index in [1.165, 1.54) is 17.9 Å². The molecule has 212 valence electrons. The van der Waals surface area contributed by atoms with Crippen molar-refractivity contribution in [3.63, 3.8) is 0 Å². The van der Waals surface area contributed by atoms with Gasteiger partial charge in [-0.15, -0.1) is 0 Å². The predicted octanol–water partition coefficient (Wildman–Crippen LogP) is 2.41. The Kier molecular flexibility index (Phi) is 21.6. The molecule has 38 heavy (non-hydrogen) atoms. The minimum Gasteiger partial charge on any atom is -0.375 e. The van der Waals surface area contributed by atoms with Gasteiger partial charge in [-0.2, -0.15) is 11.8 Å². The van der Waals surface area contributed by atoms with E-state index in [0.717, 1.165) is 11.1 Å². The highest BCUT2D eigenvalue weighted by molar-refractivity contribution is 7.98. The van der Waals surface area contributed by atoms with Gasteiger partial charge in [0.1, 0.15) is 12.6 Å². The predicted molar refractivity (Wildman–Crippen MR) is 152 cm³/mol. The molecule has 0 fully saturated rings. The first-order chi connectivity index (χ1) is 18.4. The Hall–Kier alpha value is -2.83. The van der Waals surface area contributed by atoms with E-state index in [1.54, 1.807) is 17.0 Å². The van der Waals surface area contributed by atoms with Crippen molar-refractivity contribution in [1.29, 1.82) is 0 Å². The lowest BCUT2D eigenvalue weighted by Gasteiger charge is -2.27. The summed E-state index contributed by atoms with van der Waals surface area (Å²) in [5.41, 5.74) is 11.1. The summed E-state index contributed by atoms with van der Waals surface area (Å²) in [7, 11) is 1.88. The number of amides is 2. The van der Waals surface area contributed by atoms with Crippen molar-refractivity contribution in [2.24, 2.45) is 5.73 Å². The van der Waals surface area contributed by atoms with Gasteiger partial charge in [0.05, 0.1) is 25.9 Å². The fraction of sp³-hybridized carbons (Fsp3) is 0.444. The summed E-state index contributed by atoms with van der Waals surface area (Å²) in [4.78, 5) is 33.0. The molecule has 0 aromatic heterocycles. The van der Waals surface area contributed by atoms with Gasteiger partial charge in [-0.3, -0.25) is 15.0 Å². The molecular weight excluding hydrogens is 509 g/mol. The van der Waals surface area contributed by atoms with Crippen LogP contribution in [0, 0.1) is 5.82 Å². The fourth-order valence-corrected chi connectivity index (χ4v) is 2.96. The Morgan fingerprint density at radius 3 is 2.34 bits per heavy atom. The van der Waals surface area contributed by atoms with Gasteiger partial charge in [0.25, 0.3) is 0 Å². The minimum atomic E-state index is -0.664. The van der Waals surface area contributed by atoms with E-state index in [-0.39, 0.29) is 24.7 Å². The Balaban J connectivity index is 0.00000208. The maximum Gasteiger partial charge on any atom is 0.224 e. The van der Waals surface area contributed by atoms with E-state index in [1.807, 2.05) is 60.9 Å². The minimum absolute atomic E-state index is 0.0908. The molecule has 2 aromatic rings. The summed E-state index contributed by atoms with van der Waals surface area (Å²) in [5.74, 6) is 0.845. The van der Waals surface area contributed by atoms with E-state index < -0.39 is 6.17 Å². The van der Waals surface area contributed by atoms with E-state index in [4.69, 9.17) is 15.3 Å². The highest BCUT2D eigenvalue weighted by Crippen LogP contribution is 2.05. The Morgan fingerprint density at radius 1 is 1.13 bits per heavy atom. The molecule has 11 heteroatoms. The van der Waals surface area contributed by atoms with Crippen molar-refractivity contribution in [3.8, 4) is 0 Å². The second kappa shape index (κ2) is 23.3. The second-order valence-electron chi connectivity index (χ2n) is 7.98. The Labute approximate surface area is 230 Å². The van der Waals surface area contributed by atoms with Crippen LogP contribution in [-0.4, -0.2) is 80.5 Å². The van der Waals surface area contributed by atoms with Crippen molar-refractivity contribution in [1.82, 2.24) is 20.7 Å². The summed E-state index contributed by atoms with van der Waals surface area (Å²) in [5, 5.41) is 4.33. The molecule has 9 nitrogen and oxygen atoms in total. The zero-order valence-corrected chi connectivity index (χ0v) is 23.4. The number of carbonyl (C=O) groups excluding carboxylic acids is 3. The van der Waals surface area contributed by atoms with Crippen molar-refractivity contribution in [2.45, 2.75) is 32.7 Å². The fourth-order valence-electron chi connectivity index (χ4n) is 2.96. The molecule has 1 unspecified atom stereocenters. The molecule has 1 atom stereocenters. The largest absolute Gasteiger partial charge is 0.375 e. The van der Waals surface area contributed by atoms with Crippen molar-refractivity contribution in [2.75, 3.05) is 45.3 Å². The van der Waals surface area contributed by atoms with Gasteiger partial charge in [-0.25, -0.2) is 9.40 Å². The summed E-state index contributed by atoms with van der Waals surface area (Å²) in [6.45, 7) is 6.43. The molecule has 2 amide bonds. The van der Waals surface area contributed by atoms with Crippen LogP contribution in [0.25, 0.3) is 0 Å². The smallest absolute Gasteiger partial charge is 0.224 e. The Morgan fingerprint density at radius 2 is 1.76 bits per heavy atom. The average molecular weight is 552 g/mol. The topological polar surface area (TPSA) is 117 Å². The summed E-state index contributed by atoms with van der Waals surface area (Å²) in [6, 6.07) is 16.0. The van der Waals surface area contributed by atoms with Crippen molar-refractivity contribution in [3.05, 3.63) is 71.5 Å². The van der Waals surface area contributed by atoms with Crippen LogP contribution < -0.4 is 16.5 Å². The molecule has 0 heterocycles. The monoisotopic (exact) mass is 551 g/mol. The van der Waals surface area contributed by atoms with E-state index in [2.05, 4.69) is 23.9 Å². The number of hydrazine groups is 1. The Bertz CT molecular complexity index is 862. The molecule has 4 N–H and O–H groups in total. The number of ether oxygens (including phenoxy) is 1. The first-order valence-electron chi connectivity index (χ1n) is 12.2. The maximum atomic E-state index is 13.0. The molecule has 2 aromatic carbocycles. The number of halogens is 1. The van der Waals surface area contributed by atoms with Gasteiger partial charge in [0.15, 0.2) is 0 Å². The molecule has 0 spiro atoms. The molecule has 0 bridgehead atoms. The number of benzene rings is 2. The van der Waals surface area contributed by atoms with Crippen LogP contribution in [0.3, 0.4) is 0 Å². The van der Waals surface area contributed by atoms with Gasteiger partial charge >= 0.3 is 0 Å². The number of carbonyl (C=O) groups is 3. The van der Waals surface area contributed by atoms with Gasteiger partial charge in [0, 0.05) is 33.1 Å². The molecule has 2 rings (SSSR count). The number of rotatable bonds is 16. The summed E-state index contributed by atoms with van der Waals surface area (Å²) in [6.07, 6.45) is 2.23. The lowest BCUT2D eigenvalue weighted by atomic mass is 10.2. The lowest BCUT2D eigenvalue weighted by molar-refractivity contribution is -0.133.